The molecule has 0 unspecified atom stereocenters. The van der Waals surface area contributed by atoms with E-state index in [1.54, 1.807) is 24.3 Å². The van der Waals surface area contributed by atoms with E-state index in [0.717, 1.165) is 6.42 Å². The van der Waals surface area contributed by atoms with Crippen LogP contribution in [0.1, 0.15) is 23.2 Å². The number of ether oxygens (including phenoxy) is 1. The minimum atomic E-state index is -0.588. The molecule has 0 spiro atoms. The first-order valence-corrected chi connectivity index (χ1v) is 5.86. The maximum Gasteiger partial charge on any atom is 0.251 e. The molecule has 0 radical (unpaired) electrons. The highest BCUT2D eigenvalue weighted by Crippen LogP contribution is 2.13. The van der Waals surface area contributed by atoms with Gasteiger partial charge < -0.3 is 15.8 Å². The lowest BCUT2D eigenvalue weighted by molar-refractivity contribution is -0.117. The molecule has 0 saturated carbocycles. The van der Waals surface area contributed by atoms with Gasteiger partial charge >= 0.3 is 0 Å². The molecule has 0 heterocycles. The molecule has 0 saturated heterocycles. The van der Waals surface area contributed by atoms with Gasteiger partial charge in [-0.25, -0.2) is 0 Å². The number of rotatable bonds is 7. The highest BCUT2D eigenvalue weighted by atomic mass is 16.5. The van der Waals surface area contributed by atoms with Crippen LogP contribution in [0.3, 0.4) is 0 Å². The number of amides is 2. The molecule has 0 aliphatic carbocycles. The van der Waals surface area contributed by atoms with Crippen LogP contribution in [-0.2, 0) is 4.79 Å². The van der Waals surface area contributed by atoms with Gasteiger partial charge in [0.15, 0.2) is 0 Å². The molecule has 1 aromatic rings. The summed E-state index contributed by atoms with van der Waals surface area (Å²) in [6.07, 6.45) is 6.54. The molecule has 0 aliphatic rings. The molecule has 0 aliphatic heterocycles. The van der Waals surface area contributed by atoms with E-state index in [1.807, 2.05) is 0 Å². The van der Waals surface area contributed by atoms with Crippen LogP contribution < -0.4 is 15.8 Å². The number of nitrogens with two attached hydrogens (primary N) is 1. The summed E-state index contributed by atoms with van der Waals surface area (Å²) in [4.78, 5) is 22.2. The van der Waals surface area contributed by atoms with Crippen LogP contribution in [0, 0.1) is 12.3 Å². The van der Waals surface area contributed by atoms with E-state index in [2.05, 4.69) is 11.2 Å². The number of hydrogen-bond acceptors (Lipinski definition) is 3. The topological polar surface area (TPSA) is 81.4 Å². The van der Waals surface area contributed by atoms with Gasteiger partial charge in [0.2, 0.25) is 5.91 Å². The zero-order chi connectivity index (χ0) is 14.1. The van der Waals surface area contributed by atoms with Crippen molar-refractivity contribution in [1.82, 2.24) is 5.32 Å². The molecule has 1 aromatic carbocycles. The minimum absolute atomic E-state index is 0.188. The molecule has 5 nitrogen and oxygen atoms in total. The van der Waals surface area contributed by atoms with E-state index >= 15 is 0 Å². The summed E-state index contributed by atoms with van der Waals surface area (Å²) in [5, 5.41) is 2.41. The normalized spacial score (nSPS) is 9.42. The zero-order valence-corrected chi connectivity index (χ0v) is 10.5. The molecular weight excluding hydrogens is 244 g/mol. The van der Waals surface area contributed by atoms with E-state index in [0.29, 0.717) is 24.3 Å². The summed E-state index contributed by atoms with van der Waals surface area (Å²) in [7, 11) is 0. The van der Waals surface area contributed by atoms with Crippen molar-refractivity contribution in [1.29, 1.82) is 0 Å². The number of terminal acetylenes is 1. The van der Waals surface area contributed by atoms with Crippen molar-refractivity contribution >= 4 is 11.8 Å². The fraction of sp³-hybridized carbons (Fsp3) is 0.286. The summed E-state index contributed by atoms with van der Waals surface area (Å²) in [6.45, 7) is 0.308. The Morgan fingerprint density at radius 3 is 2.89 bits per heavy atom. The molecule has 0 aromatic heterocycles. The van der Waals surface area contributed by atoms with Gasteiger partial charge in [0.05, 0.1) is 13.2 Å². The first-order valence-electron chi connectivity index (χ1n) is 5.86. The standard InChI is InChI=1S/C14H16N2O3/c1-2-3-4-8-19-12-7-5-6-11(9-12)14(18)16-10-13(15)17/h1,5-7,9H,3-4,8,10H2,(H2,15,17)(H,16,18). The van der Waals surface area contributed by atoms with Gasteiger partial charge in [-0.15, -0.1) is 12.3 Å². The molecule has 2 amide bonds. The van der Waals surface area contributed by atoms with Crippen molar-refractivity contribution in [3.63, 3.8) is 0 Å². The first kappa shape index (κ1) is 14.6. The van der Waals surface area contributed by atoms with Crippen LogP contribution >= 0.6 is 0 Å². The fourth-order valence-corrected chi connectivity index (χ4v) is 1.36. The van der Waals surface area contributed by atoms with Crippen LogP contribution in [0.25, 0.3) is 0 Å². The summed E-state index contributed by atoms with van der Waals surface area (Å²) in [6, 6.07) is 6.69. The number of nitrogens with one attached hydrogen (secondary N) is 1. The molecule has 100 valence electrons. The molecule has 5 heteroatoms. The Morgan fingerprint density at radius 1 is 1.42 bits per heavy atom. The van der Waals surface area contributed by atoms with Gasteiger partial charge in [0.1, 0.15) is 5.75 Å². The van der Waals surface area contributed by atoms with E-state index < -0.39 is 5.91 Å². The second-order valence-electron chi connectivity index (χ2n) is 3.83. The summed E-state index contributed by atoms with van der Waals surface area (Å²) in [5.74, 6) is 2.15. The summed E-state index contributed by atoms with van der Waals surface area (Å²) < 4.78 is 5.46. The third-order valence-corrected chi connectivity index (χ3v) is 2.25. The van der Waals surface area contributed by atoms with Crippen molar-refractivity contribution in [2.24, 2.45) is 5.73 Å². The van der Waals surface area contributed by atoms with E-state index in [1.165, 1.54) is 0 Å². The molecule has 0 bridgehead atoms. The Bertz CT molecular complexity index is 492. The van der Waals surface area contributed by atoms with Crippen molar-refractivity contribution < 1.29 is 14.3 Å². The highest BCUT2D eigenvalue weighted by molar-refractivity contribution is 5.96. The zero-order valence-electron chi connectivity index (χ0n) is 10.5. The Morgan fingerprint density at radius 2 is 2.21 bits per heavy atom. The molecule has 0 fully saturated rings. The van der Waals surface area contributed by atoms with Crippen LogP contribution in [-0.4, -0.2) is 25.0 Å². The van der Waals surface area contributed by atoms with Crippen LogP contribution in [0.15, 0.2) is 24.3 Å². The predicted octanol–water partition coefficient (Wildman–Crippen LogP) is 0.694. The van der Waals surface area contributed by atoms with Gasteiger partial charge in [-0.1, -0.05) is 6.07 Å². The van der Waals surface area contributed by atoms with Crippen LogP contribution in [0.2, 0.25) is 0 Å². The fourth-order valence-electron chi connectivity index (χ4n) is 1.36. The Hall–Kier alpha value is -2.48. The Kier molecular flexibility index (Phi) is 5.96. The van der Waals surface area contributed by atoms with E-state index in [4.69, 9.17) is 16.9 Å². The van der Waals surface area contributed by atoms with Crippen LogP contribution in [0.4, 0.5) is 0 Å². The Labute approximate surface area is 112 Å². The van der Waals surface area contributed by atoms with Gasteiger partial charge in [-0.05, 0) is 24.6 Å². The largest absolute Gasteiger partial charge is 0.494 e. The summed E-state index contributed by atoms with van der Waals surface area (Å²) in [5.41, 5.74) is 5.36. The highest BCUT2D eigenvalue weighted by Gasteiger charge is 2.07. The van der Waals surface area contributed by atoms with Crippen molar-refractivity contribution in [2.45, 2.75) is 12.8 Å². The first-order chi connectivity index (χ1) is 9.13. The molecule has 0 atom stereocenters. The number of benzene rings is 1. The summed E-state index contributed by atoms with van der Waals surface area (Å²) >= 11 is 0. The smallest absolute Gasteiger partial charge is 0.251 e. The predicted molar refractivity (Wildman–Crippen MR) is 71.5 cm³/mol. The maximum absolute atomic E-state index is 11.7. The minimum Gasteiger partial charge on any atom is -0.494 e. The average Bonchev–Trinajstić information content (AvgIpc) is 2.41. The number of hydrogen-bond donors (Lipinski definition) is 2. The second kappa shape index (κ2) is 7.77. The molecule has 3 N–H and O–H groups in total. The third-order valence-electron chi connectivity index (χ3n) is 2.25. The average molecular weight is 260 g/mol. The third kappa shape index (κ3) is 5.59. The quantitative estimate of drug-likeness (QED) is 0.559. The number of carbonyl (C=O) groups is 2. The SMILES string of the molecule is C#CCCCOc1cccc(C(=O)NCC(N)=O)c1. The van der Waals surface area contributed by atoms with Gasteiger partial charge in [0, 0.05) is 12.0 Å². The maximum atomic E-state index is 11.7. The van der Waals surface area contributed by atoms with Crippen molar-refractivity contribution in [2.75, 3.05) is 13.2 Å². The van der Waals surface area contributed by atoms with E-state index in [-0.39, 0.29) is 12.5 Å². The number of unbranched alkanes of at least 4 members (excludes halogenated alkanes) is 1. The lowest BCUT2D eigenvalue weighted by atomic mass is 10.2. The number of primary amides is 1. The second-order valence-corrected chi connectivity index (χ2v) is 3.83. The molecule has 1 rings (SSSR count). The monoisotopic (exact) mass is 260 g/mol. The van der Waals surface area contributed by atoms with E-state index in [9.17, 15) is 9.59 Å². The van der Waals surface area contributed by atoms with Gasteiger partial charge in [-0.2, -0.15) is 0 Å². The number of carbonyl (C=O) groups excluding carboxylic acids is 2. The lowest BCUT2D eigenvalue weighted by Gasteiger charge is -2.07. The Balaban J connectivity index is 2.54. The van der Waals surface area contributed by atoms with Crippen molar-refractivity contribution in [3.8, 4) is 18.1 Å². The van der Waals surface area contributed by atoms with Crippen molar-refractivity contribution in [3.05, 3.63) is 29.8 Å². The van der Waals surface area contributed by atoms with Crippen LogP contribution in [0.5, 0.6) is 5.75 Å². The van der Waals surface area contributed by atoms with Gasteiger partial charge in [-0.3, -0.25) is 9.59 Å². The lowest BCUT2D eigenvalue weighted by Crippen LogP contribution is -2.33. The molecular formula is C14H16N2O3. The van der Waals surface area contributed by atoms with Gasteiger partial charge in [0.25, 0.3) is 5.91 Å². The molecule has 19 heavy (non-hydrogen) atoms.